The summed E-state index contributed by atoms with van der Waals surface area (Å²) in [6.07, 6.45) is 0. The van der Waals surface area contributed by atoms with Crippen molar-refractivity contribution in [3.63, 3.8) is 0 Å². The van der Waals surface area contributed by atoms with Crippen molar-refractivity contribution >= 4 is 136 Å². The van der Waals surface area contributed by atoms with Gasteiger partial charge in [-0.15, -0.1) is 46.4 Å². The Hall–Kier alpha value is 1.32. The first-order valence-corrected chi connectivity index (χ1v) is 13.7. The molecule has 0 radical (unpaired) electrons. The third-order valence-corrected chi connectivity index (χ3v) is 16.2. The molecule has 168 valence electrons. The Morgan fingerprint density at radius 3 is 1.25 bits per heavy atom. The number of ketones is 2. The molecule has 0 saturated heterocycles. The number of carbonyl (C=O) groups excluding carboxylic acids is 2. The summed E-state index contributed by atoms with van der Waals surface area (Å²) in [6.45, 7) is 0. The maximum absolute atomic E-state index is 13.8. The van der Waals surface area contributed by atoms with E-state index in [1.54, 1.807) is 24.3 Å². The number of alkyl halides is 6. The van der Waals surface area contributed by atoms with E-state index in [2.05, 4.69) is 31.9 Å². The Balaban J connectivity index is 1.85. The van der Waals surface area contributed by atoms with Crippen LogP contribution >= 0.6 is 125 Å². The van der Waals surface area contributed by atoms with Crippen LogP contribution in [0.25, 0.3) is 0 Å². The van der Waals surface area contributed by atoms with Crippen molar-refractivity contribution in [1.82, 2.24) is 0 Å². The fourth-order valence-electron chi connectivity index (χ4n) is 6.45. The molecule has 0 aliphatic heterocycles. The number of hydrogen-bond acceptors (Lipinski definition) is 2. The zero-order valence-electron chi connectivity index (χ0n) is 15.1. The van der Waals surface area contributed by atoms with Gasteiger partial charge in [0.05, 0.1) is 28.8 Å². The molecular formula is C20H6Br2Cl8O2. The minimum atomic E-state index is -1.88. The lowest BCUT2D eigenvalue weighted by Crippen LogP contribution is -2.63. The highest BCUT2D eigenvalue weighted by Gasteiger charge is 2.93. The highest BCUT2D eigenvalue weighted by Crippen LogP contribution is 2.85. The van der Waals surface area contributed by atoms with Crippen LogP contribution < -0.4 is 0 Å². The molecule has 8 unspecified atom stereocenters. The van der Waals surface area contributed by atoms with Gasteiger partial charge in [-0.05, 0) is 11.1 Å². The van der Waals surface area contributed by atoms with Gasteiger partial charge in [0.1, 0.15) is 9.75 Å². The number of rotatable bonds is 0. The van der Waals surface area contributed by atoms with Crippen molar-refractivity contribution in [1.29, 1.82) is 0 Å². The van der Waals surface area contributed by atoms with Gasteiger partial charge in [-0.25, -0.2) is 0 Å². The molecule has 2 saturated carbocycles. The number of carbonyl (C=O) groups is 2. The number of halogens is 10. The van der Waals surface area contributed by atoms with Crippen LogP contribution in [0.4, 0.5) is 0 Å². The summed E-state index contributed by atoms with van der Waals surface area (Å²) >= 11 is 61.9. The van der Waals surface area contributed by atoms with Crippen LogP contribution in [0.2, 0.25) is 0 Å². The lowest BCUT2D eigenvalue weighted by molar-refractivity contribution is -0.121. The van der Waals surface area contributed by atoms with Crippen molar-refractivity contribution in [2.45, 2.75) is 28.1 Å². The average Bonchev–Trinajstić information content (AvgIpc) is 3.13. The SMILES string of the molecule is O=C1C2(Cl)C(Cl)=C(Cl)C1(Cl)C1(Br)c3ccccc3C3(Br)C(C21)C1(Cl)C(=O)C3(Cl)C(Cl)=C1Cl. The normalized spacial score (nSPS) is 52.7. The van der Waals surface area contributed by atoms with Crippen LogP contribution in [0, 0.1) is 11.8 Å². The van der Waals surface area contributed by atoms with E-state index in [-0.39, 0.29) is 20.1 Å². The van der Waals surface area contributed by atoms with Gasteiger partial charge in [-0.3, -0.25) is 9.59 Å². The molecule has 0 N–H and O–H groups in total. The van der Waals surface area contributed by atoms with Crippen LogP contribution in [0.15, 0.2) is 44.4 Å². The lowest BCUT2D eigenvalue weighted by atomic mass is 9.57. The summed E-state index contributed by atoms with van der Waals surface area (Å²) in [5.41, 5.74) is 1.13. The summed E-state index contributed by atoms with van der Waals surface area (Å²) < 4.78 is -2.75. The minimum Gasteiger partial charge on any atom is -0.295 e. The van der Waals surface area contributed by atoms with Gasteiger partial charge in [-0.2, -0.15) is 0 Å². The van der Waals surface area contributed by atoms with Crippen LogP contribution in [0.3, 0.4) is 0 Å². The predicted molar refractivity (Wildman–Crippen MR) is 136 cm³/mol. The van der Waals surface area contributed by atoms with Crippen molar-refractivity contribution in [2.24, 2.45) is 11.8 Å². The second-order valence-electron chi connectivity index (χ2n) is 8.58. The van der Waals surface area contributed by atoms with E-state index in [1.807, 2.05) is 0 Å². The minimum absolute atomic E-state index is 0.0794. The van der Waals surface area contributed by atoms with Crippen LogP contribution in [0.5, 0.6) is 0 Å². The molecule has 2 nitrogen and oxygen atoms in total. The standard InChI is InChI=1S/C20H6Br2Cl8O2/c21-17-5-3-1-2-4-6(5)18(22)8(16(28)10(24)12(26)20(18,30)14(16)32)7(17)15(27)9(23)11(25)19(17,29)13(15)31/h1-4,7-8H. The van der Waals surface area contributed by atoms with Gasteiger partial charge in [0.25, 0.3) is 0 Å². The molecule has 1 aromatic rings. The van der Waals surface area contributed by atoms with E-state index in [9.17, 15) is 9.59 Å². The van der Waals surface area contributed by atoms with Crippen molar-refractivity contribution in [3.8, 4) is 0 Å². The smallest absolute Gasteiger partial charge is 0.187 e. The van der Waals surface area contributed by atoms with Gasteiger partial charge in [0.15, 0.2) is 21.3 Å². The van der Waals surface area contributed by atoms with Crippen molar-refractivity contribution in [2.75, 3.05) is 0 Å². The van der Waals surface area contributed by atoms with Crippen molar-refractivity contribution < 1.29 is 9.59 Å². The molecule has 0 amide bonds. The molecule has 8 atom stereocenters. The molecule has 6 rings (SSSR count). The van der Waals surface area contributed by atoms with Crippen LogP contribution in [0.1, 0.15) is 11.1 Å². The molecule has 2 fully saturated rings. The monoisotopic (exact) mass is 716 g/mol. The summed E-state index contributed by atoms with van der Waals surface area (Å²) in [7, 11) is 0. The third kappa shape index (κ3) is 1.80. The first kappa shape index (κ1) is 23.7. The largest absolute Gasteiger partial charge is 0.295 e. The van der Waals surface area contributed by atoms with Gasteiger partial charge < -0.3 is 0 Å². The second kappa shape index (κ2) is 6.23. The molecule has 4 bridgehead atoms. The van der Waals surface area contributed by atoms with Crippen LogP contribution in [-0.2, 0) is 18.2 Å². The first-order valence-electron chi connectivity index (χ1n) is 9.11. The quantitative estimate of drug-likeness (QED) is 0.259. The maximum atomic E-state index is 13.8. The van der Waals surface area contributed by atoms with Gasteiger partial charge in [0, 0.05) is 11.8 Å². The van der Waals surface area contributed by atoms with E-state index in [0.717, 1.165) is 0 Å². The zero-order chi connectivity index (χ0) is 23.6. The van der Waals surface area contributed by atoms with Crippen molar-refractivity contribution in [3.05, 3.63) is 55.5 Å². The molecular weight excluding hydrogens is 716 g/mol. The Labute approximate surface area is 239 Å². The maximum Gasteiger partial charge on any atom is 0.187 e. The number of allylic oxidation sites excluding steroid dienone is 4. The lowest BCUT2D eigenvalue weighted by Gasteiger charge is -2.58. The molecule has 1 aromatic carbocycles. The predicted octanol–water partition coefficient (Wildman–Crippen LogP) is 7.59. The van der Waals surface area contributed by atoms with Gasteiger partial charge in [-0.1, -0.05) is 103 Å². The van der Waals surface area contributed by atoms with E-state index in [0.29, 0.717) is 11.1 Å². The Kier molecular flexibility index (Phi) is 4.62. The van der Waals surface area contributed by atoms with Crippen LogP contribution in [-0.4, -0.2) is 31.1 Å². The molecule has 0 spiro atoms. The topological polar surface area (TPSA) is 34.1 Å². The molecule has 5 aliphatic rings. The highest BCUT2D eigenvalue weighted by atomic mass is 79.9. The second-order valence-corrected chi connectivity index (χ2v) is 14.9. The molecule has 32 heavy (non-hydrogen) atoms. The number of benzene rings is 1. The fourth-order valence-corrected chi connectivity index (χ4v) is 13.3. The van der Waals surface area contributed by atoms with Gasteiger partial charge >= 0.3 is 0 Å². The molecule has 5 aliphatic carbocycles. The first-order chi connectivity index (χ1) is 14.7. The van der Waals surface area contributed by atoms with Gasteiger partial charge in [0.2, 0.25) is 0 Å². The summed E-state index contributed by atoms with van der Waals surface area (Å²) in [5, 5.41) is -0.380. The van der Waals surface area contributed by atoms with E-state index in [1.165, 1.54) is 0 Å². The highest BCUT2D eigenvalue weighted by molar-refractivity contribution is 9.10. The molecule has 0 heterocycles. The summed E-state index contributed by atoms with van der Waals surface area (Å²) in [4.78, 5) is 20.1. The summed E-state index contributed by atoms with van der Waals surface area (Å²) in [5.74, 6) is -3.18. The third-order valence-electron chi connectivity index (χ3n) is 7.68. The summed E-state index contributed by atoms with van der Waals surface area (Å²) in [6, 6.07) is 7.07. The molecule has 12 heteroatoms. The molecule has 0 aromatic heterocycles. The van der Waals surface area contributed by atoms with E-state index >= 15 is 0 Å². The number of hydrogen-bond donors (Lipinski definition) is 0. The fraction of sp³-hybridized carbons (Fsp3) is 0.400. The Morgan fingerprint density at radius 1 is 0.625 bits per heavy atom. The number of fused-ring (bicyclic) bond motifs is 14. The number of Topliss-reactive ketones (excluding diaryl/α,β-unsaturated/α-hetero) is 2. The Morgan fingerprint density at radius 2 is 0.938 bits per heavy atom. The zero-order valence-corrected chi connectivity index (χ0v) is 24.3. The van der Waals surface area contributed by atoms with E-state index in [4.69, 9.17) is 92.8 Å². The Bertz CT molecular complexity index is 1200. The average molecular weight is 722 g/mol. The van der Waals surface area contributed by atoms with E-state index < -0.39 is 51.5 Å².